The van der Waals surface area contributed by atoms with E-state index >= 15 is 0 Å². The summed E-state index contributed by atoms with van der Waals surface area (Å²) in [5, 5.41) is 23.9. The van der Waals surface area contributed by atoms with Crippen LogP contribution in [0.1, 0.15) is 335 Å². The van der Waals surface area contributed by atoms with E-state index in [0.717, 1.165) is 38.5 Å². The molecule has 3 atom stereocenters. The zero-order chi connectivity index (χ0) is 46.7. The van der Waals surface area contributed by atoms with Gasteiger partial charge in [-0.3, -0.25) is 9.59 Å². The molecule has 0 aliphatic heterocycles. The average molecular weight is 907 g/mol. The third-order valence-electron chi connectivity index (χ3n) is 13.9. The predicted octanol–water partition coefficient (Wildman–Crippen LogP) is 17.9. The maximum absolute atomic E-state index is 13.3. The summed E-state index contributed by atoms with van der Waals surface area (Å²) in [4.78, 5) is 26.2. The number of rotatable bonds is 54. The molecular formula is C58H115NO5. The third-order valence-corrected chi connectivity index (χ3v) is 13.9. The Kier molecular flexibility index (Phi) is 51.9. The number of hydrogen-bond acceptors (Lipinski definition) is 5. The molecule has 0 fully saturated rings. The molecule has 0 bridgehead atoms. The molecule has 1 amide bonds. The molecule has 0 saturated heterocycles. The van der Waals surface area contributed by atoms with Gasteiger partial charge in [0.1, 0.15) is 6.10 Å². The van der Waals surface area contributed by atoms with Crippen molar-refractivity contribution in [2.45, 2.75) is 354 Å². The molecule has 0 aromatic rings. The molecule has 6 nitrogen and oxygen atoms in total. The maximum atomic E-state index is 13.3. The highest BCUT2D eigenvalue weighted by molar-refractivity contribution is 5.77. The fourth-order valence-electron chi connectivity index (χ4n) is 9.49. The molecule has 0 aliphatic rings. The van der Waals surface area contributed by atoms with Gasteiger partial charge in [-0.2, -0.15) is 0 Å². The van der Waals surface area contributed by atoms with Crippen LogP contribution in [-0.2, 0) is 14.3 Å². The summed E-state index contributed by atoms with van der Waals surface area (Å²) >= 11 is 0. The topological polar surface area (TPSA) is 95.9 Å². The highest BCUT2D eigenvalue weighted by atomic mass is 16.5. The number of esters is 1. The molecule has 382 valence electrons. The van der Waals surface area contributed by atoms with Gasteiger partial charge >= 0.3 is 5.97 Å². The van der Waals surface area contributed by atoms with Gasteiger partial charge in [0, 0.05) is 6.42 Å². The first kappa shape index (κ1) is 62.9. The van der Waals surface area contributed by atoms with E-state index in [0.29, 0.717) is 19.3 Å². The van der Waals surface area contributed by atoms with Crippen molar-refractivity contribution in [3.8, 4) is 0 Å². The quantitative estimate of drug-likeness (QED) is 0.0417. The lowest BCUT2D eigenvalue weighted by Crippen LogP contribution is -2.46. The summed E-state index contributed by atoms with van der Waals surface area (Å²) in [6.07, 6.45) is 58.8. The van der Waals surface area contributed by atoms with Gasteiger partial charge < -0.3 is 20.3 Å². The number of amides is 1. The number of carbonyl (C=O) groups is 2. The lowest BCUT2D eigenvalue weighted by atomic mass is 10.0. The first-order valence-electron chi connectivity index (χ1n) is 29.3. The Morgan fingerprint density at radius 2 is 0.656 bits per heavy atom. The van der Waals surface area contributed by atoms with Crippen molar-refractivity contribution >= 4 is 11.9 Å². The Morgan fingerprint density at radius 1 is 0.391 bits per heavy atom. The first-order chi connectivity index (χ1) is 31.5. The van der Waals surface area contributed by atoms with Crippen molar-refractivity contribution in [2.24, 2.45) is 0 Å². The highest BCUT2D eigenvalue weighted by Crippen LogP contribution is 2.19. The van der Waals surface area contributed by atoms with Crippen LogP contribution in [0, 0.1) is 0 Å². The van der Waals surface area contributed by atoms with Crippen LogP contribution in [0.3, 0.4) is 0 Å². The van der Waals surface area contributed by atoms with E-state index < -0.39 is 18.2 Å². The number of hydrogen-bond donors (Lipinski definition) is 3. The second-order valence-electron chi connectivity index (χ2n) is 20.4. The molecule has 0 rings (SSSR count). The van der Waals surface area contributed by atoms with E-state index in [1.165, 1.54) is 250 Å². The first-order valence-corrected chi connectivity index (χ1v) is 29.3. The van der Waals surface area contributed by atoms with Crippen molar-refractivity contribution in [3.05, 3.63) is 0 Å². The van der Waals surface area contributed by atoms with Crippen molar-refractivity contribution in [1.29, 1.82) is 0 Å². The van der Waals surface area contributed by atoms with E-state index in [1.54, 1.807) is 0 Å². The molecular weight excluding hydrogens is 791 g/mol. The van der Waals surface area contributed by atoms with E-state index in [2.05, 4.69) is 26.1 Å². The fourth-order valence-corrected chi connectivity index (χ4v) is 9.49. The van der Waals surface area contributed by atoms with E-state index in [-0.39, 0.29) is 24.9 Å². The van der Waals surface area contributed by atoms with Gasteiger partial charge in [0.05, 0.1) is 25.2 Å². The Labute approximate surface area is 400 Å². The lowest BCUT2D eigenvalue weighted by Gasteiger charge is -2.24. The van der Waals surface area contributed by atoms with Crippen molar-refractivity contribution in [1.82, 2.24) is 5.32 Å². The largest absolute Gasteiger partial charge is 0.462 e. The van der Waals surface area contributed by atoms with Gasteiger partial charge in [-0.05, 0) is 25.7 Å². The fraction of sp³-hybridized carbons (Fsp3) is 0.966. The number of nitrogens with one attached hydrogen (secondary N) is 1. The monoisotopic (exact) mass is 906 g/mol. The summed E-state index contributed by atoms with van der Waals surface area (Å²) in [5.74, 6) is -0.445. The van der Waals surface area contributed by atoms with Crippen LogP contribution >= 0.6 is 0 Å². The predicted molar refractivity (Wildman–Crippen MR) is 278 cm³/mol. The van der Waals surface area contributed by atoms with Crippen molar-refractivity contribution in [2.75, 3.05) is 6.61 Å². The van der Waals surface area contributed by atoms with Gasteiger partial charge in [-0.1, -0.05) is 297 Å². The molecule has 0 aliphatic carbocycles. The zero-order valence-corrected chi connectivity index (χ0v) is 43.7. The Hall–Kier alpha value is -1.14. The molecule has 0 spiro atoms. The number of ether oxygens (including phenoxy) is 1. The minimum atomic E-state index is -0.780. The molecule has 3 unspecified atom stereocenters. The summed E-state index contributed by atoms with van der Waals surface area (Å²) in [7, 11) is 0. The second-order valence-corrected chi connectivity index (χ2v) is 20.4. The maximum Gasteiger partial charge on any atom is 0.306 e. The second kappa shape index (κ2) is 52.8. The van der Waals surface area contributed by atoms with E-state index in [4.69, 9.17) is 4.74 Å². The minimum Gasteiger partial charge on any atom is -0.462 e. The molecule has 6 heteroatoms. The molecule has 0 aromatic heterocycles. The van der Waals surface area contributed by atoms with Gasteiger partial charge in [0.15, 0.2) is 0 Å². The van der Waals surface area contributed by atoms with Crippen LogP contribution in [0.2, 0.25) is 0 Å². The summed E-state index contributed by atoms with van der Waals surface area (Å²) in [6.45, 7) is 6.54. The molecule has 64 heavy (non-hydrogen) atoms. The minimum absolute atomic E-state index is 0.0886. The lowest BCUT2D eigenvalue weighted by molar-refractivity contribution is -0.151. The summed E-state index contributed by atoms with van der Waals surface area (Å²) < 4.78 is 5.96. The van der Waals surface area contributed by atoms with Gasteiger partial charge in [0.2, 0.25) is 5.91 Å². The molecule has 3 N–H and O–H groups in total. The van der Waals surface area contributed by atoms with Crippen molar-refractivity contribution in [3.63, 3.8) is 0 Å². The summed E-state index contributed by atoms with van der Waals surface area (Å²) in [6, 6.07) is -0.693. The SMILES string of the molecule is CCCCCCCCCCCCCCCCCCCC(CC(=O)NC(CO)C(O)CCCCCCCCCCCCCCCCCC)OC(=O)CCCCCCCCCCCCCC. The normalized spacial score (nSPS) is 13.0. The third kappa shape index (κ3) is 47.4. The van der Waals surface area contributed by atoms with Gasteiger partial charge in [0.25, 0.3) is 0 Å². The highest BCUT2D eigenvalue weighted by Gasteiger charge is 2.24. The number of aliphatic hydroxyl groups excluding tert-OH is 2. The van der Waals surface area contributed by atoms with Crippen LogP contribution in [-0.4, -0.2) is 46.9 Å². The van der Waals surface area contributed by atoms with Crippen molar-refractivity contribution < 1.29 is 24.5 Å². The van der Waals surface area contributed by atoms with Gasteiger partial charge in [-0.15, -0.1) is 0 Å². The Balaban J connectivity index is 4.46. The van der Waals surface area contributed by atoms with Crippen LogP contribution in [0.4, 0.5) is 0 Å². The molecule has 0 aromatic carbocycles. The molecule has 0 saturated carbocycles. The number of unbranched alkanes of at least 4 members (excludes halogenated alkanes) is 42. The number of aliphatic hydroxyl groups is 2. The summed E-state index contributed by atoms with van der Waals surface area (Å²) in [5.41, 5.74) is 0. The standard InChI is InChI=1S/C58H115NO5/c1-4-7-10-13-16-19-22-25-27-29-30-32-34-37-40-43-46-49-54(64-58(63)51-48-45-42-39-36-24-21-18-15-12-9-6-3)52-57(62)59-55(53-60)56(61)50-47-44-41-38-35-33-31-28-26-23-20-17-14-11-8-5-2/h54-56,60-61H,4-53H2,1-3H3,(H,59,62). The van der Waals surface area contributed by atoms with Crippen LogP contribution in [0.25, 0.3) is 0 Å². The number of carbonyl (C=O) groups excluding carboxylic acids is 2. The van der Waals surface area contributed by atoms with E-state index in [1.807, 2.05) is 0 Å². The van der Waals surface area contributed by atoms with E-state index in [9.17, 15) is 19.8 Å². The smallest absolute Gasteiger partial charge is 0.306 e. The van der Waals surface area contributed by atoms with Crippen LogP contribution in [0.15, 0.2) is 0 Å². The molecule has 0 radical (unpaired) electrons. The van der Waals surface area contributed by atoms with Crippen LogP contribution < -0.4 is 5.32 Å². The zero-order valence-electron chi connectivity index (χ0n) is 43.7. The van der Waals surface area contributed by atoms with Crippen LogP contribution in [0.5, 0.6) is 0 Å². The average Bonchev–Trinajstić information content (AvgIpc) is 3.29. The molecule has 0 heterocycles. The Morgan fingerprint density at radius 3 is 0.953 bits per heavy atom. The van der Waals surface area contributed by atoms with Gasteiger partial charge in [-0.25, -0.2) is 0 Å². The Bertz CT molecular complexity index is 928.